The van der Waals surface area contributed by atoms with Crippen LogP contribution < -0.4 is 10.7 Å². The lowest BCUT2D eigenvalue weighted by Crippen LogP contribution is -2.33. The lowest BCUT2D eigenvalue weighted by molar-refractivity contribution is -0.117. The van der Waals surface area contributed by atoms with Crippen molar-refractivity contribution in [3.05, 3.63) is 65.9 Å². The molecule has 0 unspecified atom stereocenters. The number of rotatable bonds is 3. The van der Waals surface area contributed by atoms with E-state index in [0.29, 0.717) is 24.1 Å². The number of anilines is 1. The molecule has 1 aromatic rings. The van der Waals surface area contributed by atoms with Crippen LogP contribution in [0.5, 0.6) is 0 Å². The number of hydrazine groups is 1. The Balaban J connectivity index is 1.74. The van der Waals surface area contributed by atoms with E-state index < -0.39 is 5.91 Å². The third kappa shape index (κ3) is 3.18. The molecule has 0 bridgehead atoms. The van der Waals surface area contributed by atoms with Crippen LogP contribution in [-0.2, 0) is 9.59 Å². The van der Waals surface area contributed by atoms with Gasteiger partial charge >= 0.3 is 0 Å². The zero-order chi connectivity index (χ0) is 17.1. The molecule has 6 nitrogen and oxygen atoms in total. The summed E-state index contributed by atoms with van der Waals surface area (Å²) in [6, 6.07) is 6.71. The van der Waals surface area contributed by atoms with Crippen molar-refractivity contribution in [2.75, 3.05) is 11.4 Å². The molecule has 2 aliphatic rings. The van der Waals surface area contributed by atoms with E-state index in [0.717, 1.165) is 17.1 Å². The topological polar surface area (TPSA) is 83.7 Å². The van der Waals surface area contributed by atoms with Crippen molar-refractivity contribution >= 4 is 23.3 Å². The molecule has 0 radical (unpaired) electrons. The molecule has 24 heavy (non-hydrogen) atoms. The zero-order valence-corrected chi connectivity index (χ0v) is 13.0. The SMILES string of the molecule is NN(C=C1C=CC=CC1=O)C(=O)c1ccc(N2CCCC2=O)cc1. The Morgan fingerprint density at radius 2 is 1.83 bits per heavy atom. The van der Waals surface area contributed by atoms with Gasteiger partial charge in [-0.2, -0.15) is 0 Å². The smallest absolute Gasteiger partial charge is 0.271 e. The second kappa shape index (κ2) is 6.64. The van der Waals surface area contributed by atoms with Crippen molar-refractivity contribution in [1.82, 2.24) is 5.01 Å². The second-order valence-corrected chi connectivity index (χ2v) is 5.58. The monoisotopic (exact) mass is 323 g/mol. The molecule has 2 N–H and O–H groups in total. The Morgan fingerprint density at radius 3 is 2.46 bits per heavy atom. The minimum absolute atomic E-state index is 0.0925. The fourth-order valence-corrected chi connectivity index (χ4v) is 2.65. The van der Waals surface area contributed by atoms with Crippen LogP contribution >= 0.6 is 0 Å². The van der Waals surface area contributed by atoms with E-state index in [9.17, 15) is 14.4 Å². The molecule has 3 rings (SSSR count). The molecular formula is C18H17N3O3. The van der Waals surface area contributed by atoms with E-state index in [-0.39, 0.29) is 11.7 Å². The number of nitrogens with two attached hydrogens (primary N) is 1. The van der Waals surface area contributed by atoms with Gasteiger partial charge in [0.1, 0.15) is 0 Å². The predicted molar refractivity (Wildman–Crippen MR) is 89.8 cm³/mol. The normalized spacial score (nSPS) is 18.5. The molecule has 0 saturated carbocycles. The summed E-state index contributed by atoms with van der Waals surface area (Å²) < 4.78 is 0. The largest absolute Gasteiger partial charge is 0.312 e. The van der Waals surface area contributed by atoms with Crippen molar-refractivity contribution in [1.29, 1.82) is 0 Å². The van der Waals surface area contributed by atoms with Gasteiger partial charge in [-0.25, -0.2) is 5.84 Å². The molecule has 1 saturated heterocycles. The average molecular weight is 323 g/mol. The molecule has 0 aromatic heterocycles. The van der Waals surface area contributed by atoms with Gasteiger partial charge in [0, 0.05) is 36.0 Å². The Kier molecular flexibility index (Phi) is 4.39. The standard InChI is InChI=1S/C18H17N3O3/c19-21(12-14-4-1-2-5-16(14)22)18(24)13-7-9-15(10-8-13)20-11-3-6-17(20)23/h1-2,4-5,7-10,12H,3,6,11,19H2. The fourth-order valence-electron chi connectivity index (χ4n) is 2.65. The summed E-state index contributed by atoms with van der Waals surface area (Å²) in [4.78, 5) is 37.5. The Labute approximate surface area is 139 Å². The highest BCUT2D eigenvalue weighted by Crippen LogP contribution is 2.22. The minimum atomic E-state index is -0.433. The van der Waals surface area contributed by atoms with Gasteiger partial charge in [0.2, 0.25) is 5.91 Å². The number of ketones is 1. The van der Waals surface area contributed by atoms with Crippen LogP contribution in [0.25, 0.3) is 0 Å². The maximum absolute atomic E-state index is 12.3. The molecule has 1 heterocycles. The number of benzene rings is 1. The molecule has 0 atom stereocenters. The highest BCUT2D eigenvalue weighted by molar-refractivity contribution is 6.08. The molecule has 6 heteroatoms. The summed E-state index contributed by atoms with van der Waals surface area (Å²) in [5.41, 5.74) is 1.49. The van der Waals surface area contributed by atoms with E-state index >= 15 is 0 Å². The van der Waals surface area contributed by atoms with Crippen LogP contribution in [-0.4, -0.2) is 29.2 Å². The van der Waals surface area contributed by atoms with Crippen molar-refractivity contribution in [2.24, 2.45) is 5.84 Å². The van der Waals surface area contributed by atoms with Gasteiger partial charge in [0.25, 0.3) is 5.91 Å². The van der Waals surface area contributed by atoms with Crippen molar-refractivity contribution in [3.8, 4) is 0 Å². The van der Waals surface area contributed by atoms with Gasteiger partial charge < -0.3 is 4.90 Å². The molecule has 122 valence electrons. The van der Waals surface area contributed by atoms with Crippen LogP contribution in [0.15, 0.2) is 60.3 Å². The summed E-state index contributed by atoms with van der Waals surface area (Å²) in [6.07, 6.45) is 9.04. The lowest BCUT2D eigenvalue weighted by atomic mass is 10.1. The third-order valence-corrected chi connectivity index (χ3v) is 3.93. The van der Waals surface area contributed by atoms with E-state index in [1.807, 2.05) is 0 Å². The summed E-state index contributed by atoms with van der Waals surface area (Å²) >= 11 is 0. The number of carbonyl (C=O) groups excluding carboxylic acids is 3. The first-order chi connectivity index (χ1) is 11.6. The number of nitrogens with zero attached hydrogens (tertiary/aromatic N) is 2. The van der Waals surface area contributed by atoms with Crippen molar-refractivity contribution in [3.63, 3.8) is 0 Å². The third-order valence-electron chi connectivity index (χ3n) is 3.93. The summed E-state index contributed by atoms with van der Waals surface area (Å²) in [6.45, 7) is 0.698. The van der Waals surface area contributed by atoms with Crippen molar-refractivity contribution < 1.29 is 14.4 Å². The van der Waals surface area contributed by atoms with Crippen LogP contribution in [0.4, 0.5) is 5.69 Å². The number of hydrogen-bond donors (Lipinski definition) is 1. The highest BCUT2D eigenvalue weighted by atomic mass is 16.2. The van der Waals surface area contributed by atoms with Gasteiger partial charge in [0.15, 0.2) is 5.78 Å². The van der Waals surface area contributed by atoms with E-state index in [1.165, 1.54) is 12.3 Å². The van der Waals surface area contributed by atoms with Gasteiger partial charge in [-0.05, 0) is 42.8 Å². The van der Waals surface area contributed by atoms with Crippen LogP contribution in [0, 0.1) is 0 Å². The molecule has 1 aliphatic carbocycles. The molecule has 1 fully saturated rings. The van der Waals surface area contributed by atoms with E-state index in [2.05, 4.69) is 0 Å². The van der Waals surface area contributed by atoms with Gasteiger partial charge in [-0.3, -0.25) is 19.4 Å². The van der Waals surface area contributed by atoms with Crippen LogP contribution in [0.2, 0.25) is 0 Å². The fraction of sp³-hybridized carbons (Fsp3) is 0.167. The first-order valence-electron chi connectivity index (χ1n) is 7.66. The maximum atomic E-state index is 12.3. The molecule has 1 aromatic carbocycles. The first-order valence-corrected chi connectivity index (χ1v) is 7.66. The zero-order valence-electron chi connectivity index (χ0n) is 13.0. The summed E-state index contributed by atoms with van der Waals surface area (Å²) in [7, 11) is 0. The Morgan fingerprint density at radius 1 is 1.12 bits per heavy atom. The van der Waals surface area contributed by atoms with Gasteiger partial charge in [0.05, 0.1) is 0 Å². The number of hydrogen-bond acceptors (Lipinski definition) is 4. The quantitative estimate of drug-likeness (QED) is 0.397. The lowest BCUT2D eigenvalue weighted by Gasteiger charge is -2.17. The molecular weight excluding hydrogens is 306 g/mol. The van der Waals surface area contributed by atoms with E-state index in [1.54, 1.807) is 47.4 Å². The van der Waals surface area contributed by atoms with Gasteiger partial charge in [-0.1, -0.05) is 12.2 Å². The Hall–Kier alpha value is -2.99. The van der Waals surface area contributed by atoms with Crippen molar-refractivity contribution in [2.45, 2.75) is 12.8 Å². The summed E-state index contributed by atoms with van der Waals surface area (Å²) in [5, 5.41) is 0.896. The minimum Gasteiger partial charge on any atom is -0.312 e. The average Bonchev–Trinajstić information content (AvgIpc) is 3.02. The number of amides is 2. The highest BCUT2D eigenvalue weighted by Gasteiger charge is 2.22. The van der Waals surface area contributed by atoms with Crippen LogP contribution in [0.3, 0.4) is 0 Å². The maximum Gasteiger partial charge on any atom is 0.271 e. The number of carbonyl (C=O) groups is 3. The molecule has 1 aliphatic heterocycles. The predicted octanol–water partition coefficient (Wildman–Crippen LogP) is 1.71. The molecule has 2 amide bonds. The van der Waals surface area contributed by atoms with E-state index in [4.69, 9.17) is 5.84 Å². The second-order valence-electron chi connectivity index (χ2n) is 5.58. The summed E-state index contributed by atoms with van der Waals surface area (Å²) in [5.74, 6) is 5.21. The van der Waals surface area contributed by atoms with Crippen LogP contribution in [0.1, 0.15) is 23.2 Å². The van der Waals surface area contributed by atoms with Gasteiger partial charge in [-0.15, -0.1) is 0 Å². The molecule has 0 spiro atoms. The number of allylic oxidation sites excluding steroid dienone is 5. The first kappa shape index (κ1) is 15.9. The Bertz CT molecular complexity index is 775.